The van der Waals surface area contributed by atoms with Crippen LogP contribution in [-0.4, -0.2) is 4.89 Å². The number of phosphoric acid groups is 1. The Morgan fingerprint density at radius 2 is 2.27 bits per heavy atom. The van der Waals surface area contributed by atoms with Gasteiger partial charge >= 0.3 is 7.82 Å². The summed E-state index contributed by atoms with van der Waals surface area (Å²) >= 11 is 0. The van der Waals surface area contributed by atoms with E-state index in [9.17, 15) is 4.57 Å². The number of aryl methyl sites for hydroxylation is 1. The van der Waals surface area contributed by atoms with Crippen molar-refractivity contribution in [1.82, 2.24) is 0 Å². The number of nitriles is 1. The minimum Gasteiger partial charge on any atom is -0.391 e. The highest BCUT2D eigenvalue weighted by atomic mass is 31.2. The summed E-state index contributed by atoms with van der Waals surface area (Å²) in [5.74, 6) is 0.537. The van der Waals surface area contributed by atoms with Crippen molar-refractivity contribution in [3.8, 4) is 17.6 Å². The van der Waals surface area contributed by atoms with Gasteiger partial charge in [0.2, 0.25) is 0 Å². The number of hydrogen-bond donors (Lipinski definition) is 1. The van der Waals surface area contributed by atoms with Crippen LogP contribution in [0.2, 0.25) is 0 Å². The van der Waals surface area contributed by atoms with Crippen LogP contribution in [0, 0.1) is 11.3 Å². The molecule has 6 heteroatoms. The van der Waals surface area contributed by atoms with Gasteiger partial charge in [0.1, 0.15) is 0 Å². The summed E-state index contributed by atoms with van der Waals surface area (Å²) in [6.45, 7) is 0. The second-order valence-electron chi connectivity index (χ2n) is 3.05. The van der Waals surface area contributed by atoms with E-state index in [1.54, 1.807) is 18.2 Å². The third kappa shape index (κ3) is 1.96. The minimum absolute atomic E-state index is 0.260. The predicted octanol–water partition coefficient (Wildman–Crippen LogP) is 2.01. The zero-order valence-corrected chi connectivity index (χ0v) is 8.61. The SMILES string of the molecule is N#CCCc1cccc2c1OP(=O)(O)O2. The first-order valence-electron chi connectivity index (χ1n) is 4.33. The number of benzene rings is 1. The van der Waals surface area contributed by atoms with Gasteiger partial charge in [-0.15, -0.1) is 0 Å². The van der Waals surface area contributed by atoms with E-state index in [4.69, 9.17) is 19.2 Å². The Morgan fingerprint density at radius 1 is 1.47 bits per heavy atom. The zero-order chi connectivity index (χ0) is 10.9. The molecule has 0 saturated heterocycles. The number of nitrogens with zero attached hydrogens (tertiary/aromatic N) is 1. The largest absolute Gasteiger partial charge is 0.585 e. The van der Waals surface area contributed by atoms with Gasteiger partial charge < -0.3 is 9.05 Å². The van der Waals surface area contributed by atoms with Gasteiger partial charge in [-0.3, -0.25) is 4.89 Å². The van der Waals surface area contributed by atoms with Crippen LogP contribution in [-0.2, 0) is 11.0 Å². The van der Waals surface area contributed by atoms with Gasteiger partial charge in [0.25, 0.3) is 0 Å². The molecule has 1 aliphatic rings. The van der Waals surface area contributed by atoms with Gasteiger partial charge in [0.15, 0.2) is 11.5 Å². The van der Waals surface area contributed by atoms with Gasteiger partial charge in [0.05, 0.1) is 6.07 Å². The maximum absolute atomic E-state index is 11.1. The molecule has 0 amide bonds. The Hall–Kier alpha value is -1.50. The molecular formula is C9H8NO4P. The molecule has 1 N–H and O–H groups in total. The smallest absolute Gasteiger partial charge is 0.391 e. The summed E-state index contributed by atoms with van der Waals surface area (Å²) in [4.78, 5) is 9.11. The van der Waals surface area contributed by atoms with E-state index in [-0.39, 0.29) is 11.5 Å². The van der Waals surface area contributed by atoms with Crippen LogP contribution in [0.3, 0.4) is 0 Å². The average Bonchev–Trinajstić information content (AvgIpc) is 2.49. The quantitative estimate of drug-likeness (QED) is 0.778. The molecule has 0 bridgehead atoms. The monoisotopic (exact) mass is 225 g/mol. The van der Waals surface area contributed by atoms with Crippen molar-refractivity contribution in [3.63, 3.8) is 0 Å². The summed E-state index contributed by atoms with van der Waals surface area (Å²) in [5, 5.41) is 8.45. The molecule has 1 heterocycles. The van der Waals surface area contributed by atoms with Crippen LogP contribution in [0.1, 0.15) is 12.0 Å². The van der Waals surface area contributed by atoms with E-state index in [1.807, 2.05) is 6.07 Å². The third-order valence-electron chi connectivity index (χ3n) is 1.99. The highest BCUT2D eigenvalue weighted by Crippen LogP contribution is 2.56. The van der Waals surface area contributed by atoms with E-state index in [1.165, 1.54) is 0 Å². The molecule has 1 aromatic carbocycles. The Labute approximate surface area is 86.5 Å². The van der Waals surface area contributed by atoms with Crippen molar-refractivity contribution in [3.05, 3.63) is 23.8 Å². The summed E-state index contributed by atoms with van der Waals surface area (Å²) in [6.07, 6.45) is 0.804. The van der Waals surface area contributed by atoms with E-state index in [2.05, 4.69) is 0 Å². The van der Waals surface area contributed by atoms with Gasteiger partial charge in [-0.2, -0.15) is 5.26 Å². The number of rotatable bonds is 2. The average molecular weight is 225 g/mol. The van der Waals surface area contributed by atoms with Gasteiger partial charge in [-0.05, 0) is 18.1 Å². The summed E-state index contributed by atoms with van der Waals surface area (Å²) in [5.41, 5.74) is 0.709. The van der Waals surface area contributed by atoms with Gasteiger partial charge in [0, 0.05) is 6.42 Å². The molecule has 0 aromatic heterocycles. The maximum atomic E-state index is 11.1. The van der Waals surface area contributed by atoms with Crippen LogP contribution in [0.4, 0.5) is 0 Å². The third-order valence-corrected chi connectivity index (χ3v) is 2.83. The first kappa shape index (κ1) is 10.0. The number of para-hydroxylation sites is 1. The second-order valence-corrected chi connectivity index (χ2v) is 4.36. The topological polar surface area (TPSA) is 79.5 Å². The fraction of sp³-hybridized carbons (Fsp3) is 0.222. The molecule has 1 aromatic rings. The number of phosphoric ester groups is 1. The predicted molar refractivity (Wildman–Crippen MR) is 51.5 cm³/mol. The lowest BCUT2D eigenvalue weighted by Crippen LogP contribution is -1.90. The van der Waals surface area contributed by atoms with E-state index in [0.717, 1.165) is 0 Å². The molecule has 0 fully saturated rings. The van der Waals surface area contributed by atoms with Crippen molar-refractivity contribution < 1.29 is 18.5 Å². The molecule has 1 aliphatic heterocycles. The summed E-state index contributed by atoms with van der Waals surface area (Å²) < 4.78 is 20.7. The highest BCUT2D eigenvalue weighted by molar-refractivity contribution is 7.48. The number of fused-ring (bicyclic) bond motifs is 1. The zero-order valence-electron chi connectivity index (χ0n) is 7.71. The molecule has 2 rings (SSSR count). The lowest BCUT2D eigenvalue weighted by Gasteiger charge is -2.02. The molecule has 0 spiro atoms. The minimum atomic E-state index is -3.97. The summed E-state index contributed by atoms with van der Waals surface area (Å²) in [6, 6.07) is 6.99. The maximum Gasteiger partial charge on any atom is 0.585 e. The van der Waals surface area contributed by atoms with Crippen LogP contribution in [0.15, 0.2) is 18.2 Å². The Bertz CT molecular complexity index is 479. The fourth-order valence-corrected chi connectivity index (χ4v) is 2.25. The summed E-state index contributed by atoms with van der Waals surface area (Å²) in [7, 11) is -3.97. The first-order chi connectivity index (χ1) is 7.12. The van der Waals surface area contributed by atoms with Crippen molar-refractivity contribution in [2.45, 2.75) is 12.8 Å². The van der Waals surface area contributed by atoms with Crippen molar-refractivity contribution in [2.24, 2.45) is 0 Å². The van der Waals surface area contributed by atoms with E-state index >= 15 is 0 Å². The molecule has 0 saturated carbocycles. The van der Waals surface area contributed by atoms with Crippen LogP contribution < -0.4 is 9.05 Å². The van der Waals surface area contributed by atoms with Crippen LogP contribution in [0.25, 0.3) is 0 Å². The second kappa shape index (κ2) is 3.58. The molecule has 78 valence electrons. The first-order valence-corrected chi connectivity index (χ1v) is 5.83. The molecule has 5 nitrogen and oxygen atoms in total. The number of hydrogen-bond acceptors (Lipinski definition) is 4. The van der Waals surface area contributed by atoms with E-state index in [0.29, 0.717) is 18.4 Å². The Morgan fingerprint density at radius 3 is 3.00 bits per heavy atom. The Balaban J connectivity index is 2.34. The Kier molecular flexibility index (Phi) is 2.39. The van der Waals surface area contributed by atoms with Crippen LogP contribution >= 0.6 is 7.82 Å². The van der Waals surface area contributed by atoms with Gasteiger partial charge in [-0.25, -0.2) is 4.57 Å². The highest BCUT2D eigenvalue weighted by Gasteiger charge is 2.36. The molecule has 0 radical (unpaired) electrons. The molecular weight excluding hydrogens is 217 g/mol. The van der Waals surface area contributed by atoms with E-state index < -0.39 is 7.82 Å². The normalized spacial score (nSPS) is 22.4. The van der Waals surface area contributed by atoms with Crippen molar-refractivity contribution in [1.29, 1.82) is 5.26 Å². The molecule has 1 unspecified atom stereocenters. The standard InChI is InChI=1S/C9H8NO4P/c10-6-2-4-7-3-1-5-8-9(7)14-15(11,12)13-8/h1,3,5H,2,4H2,(H,11,12). The lowest BCUT2D eigenvalue weighted by atomic mass is 10.1. The fourth-order valence-electron chi connectivity index (χ4n) is 1.38. The molecule has 1 atom stereocenters. The molecule has 0 aliphatic carbocycles. The van der Waals surface area contributed by atoms with Crippen molar-refractivity contribution in [2.75, 3.05) is 0 Å². The van der Waals surface area contributed by atoms with Crippen LogP contribution in [0.5, 0.6) is 11.5 Å². The lowest BCUT2D eigenvalue weighted by molar-refractivity contribution is 0.323. The molecule has 15 heavy (non-hydrogen) atoms. The van der Waals surface area contributed by atoms with Gasteiger partial charge in [-0.1, -0.05) is 12.1 Å². The van der Waals surface area contributed by atoms with Crippen molar-refractivity contribution >= 4 is 7.82 Å².